The summed E-state index contributed by atoms with van der Waals surface area (Å²) >= 11 is 0. The number of benzene rings is 1. The summed E-state index contributed by atoms with van der Waals surface area (Å²) in [6, 6.07) is 1.53. The minimum Gasteiger partial charge on any atom is -0.339 e. The first-order valence-corrected chi connectivity index (χ1v) is 9.90. The van der Waals surface area contributed by atoms with Gasteiger partial charge in [-0.05, 0) is 60.8 Å². The summed E-state index contributed by atoms with van der Waals surface area (Å²) in [6.07, 6.45) is 8.76. The molecule has 132 valence electrons. The number of hydrogen-bond acceptors (Lipinski definition) is 4. The van der Waals surface area contributed by atoms with E-state index >= 15 is 0 Å². The van der Waals surface area contributed by atoms with Gasteiger partial charge in [0.15, 0.2) is 5.03 Å². The molecule has 0 bridgehead atoms. The van der Waals surface area contributed by atoms with E-state index in [1.54, 1.807) is 7.05 Å². The third-order valence-corrected chi connectivity index (χ3v) is 6.11. The van der Waals surface area contributed by atoms with Gasteiger partial charge in [-0.1, -0.05) is 6.07 Å². The Morgan fingerprint density at radius 3 is 2.32 bits per heavy atom. The summed E-state index contributed by atoms with van der Waals surface area (Å²) < 4.78 is 28.1. The van der Waals surface area contributed by atoms with Crippen LogP contribution in [-0.2, 0) is 42.8 Å². The van der Waals surface area contributed by atoms with Crippen LogP contribution in [0.1, 0.15) is 35.1 Å². The monoisotopic (exact) mass is 360 g/mol. The van der Waals surface area contributed by atoms with Crippen LogP contribution >= 0.6 is 0 Å². The summed E-state index contributed by atoms with van der Waals surface area (Å²) in [5.74, 6) is 0. The third kappa shape index (κ3) is 2.90. The molecule has 2 amide bonds. The van der Waals surface area contributed by atoms with Gasteiger partial charge in [0.1, 0.15) is 0 Å². The molecule has 8 heteroatoms. The predicted molar refractivity (Wildman–Crippen MR) is 93.0 cm³/mol. The maximum atomic E-state index is 12.4. The van der Waals surface area contributed by atoms with Gasteiger partial charge < -0.3 is 9.88 Å². The number of aryl methyl sites for hydroxylation is 3. The first kappa shape index (κ1) is 16.1. The van der Waals surface area contributed by atoms with Crippen molar-refractivity contribution >= 4 is 21.7 Å². The Morgan fingerprint density at radius 1 is 1.12 bits per heavy atom. The lowest BCUT2D eigenvalue weighted by molar-refractivity contribution is 0.256. The normalized spacial score (nSPS) is 15.7. The van der Waals surface area contributed by atoms with E-state index in [0.717, 1.165) is 55.3 Å². The van der Waals surface area contributed by atoms with Crippen LogP contribution in [0.5, 0.6) is 0 Å². The van der Waals surface area contributed by atoms with Gasteiger partial charge >= 0.3 is 6.03 Å². The first-order valence-electron chi connectivity index (χ1n) is 8.42. The van der Waals surface area contributed by atoms with Crippen molar-refractivity contribution in [2.24, 2.45) is 7.05 Å². The Balaban J connectivity index is 1.60. The van der Waals surface area contributed by atoms with E-state index in [1.807, 2.05) is 0 Å². The fraction of sp³-hybridized carbons (Fsp3) is 0.412. The molecule has 0 saturated heterocycles. The molecule has 0 radical (unpaired) electrons. The molecular weight excluding hydrogens is 340 g/mol. The Hall–Kier alpha value is -2.35. The molecule has 0 saturated carbocycles. The number of anilines is 1. The van der Waals surface area contributed by atoms with Gasteiger partial charge in [-0.15, -0.1) is 0 Å². The lowest BCUT2D eigenvalue weighted by Gasteiger charge is -2.16. The zero-order chi connectivity index (χ0) is 17.6. The second kappa shape index (κ2) is 5.87. The molecule has 0 aliphatic heterocycles. The van der Waals surface area contributed by atoms with E-state index in [2.05, 4.69) is 21.1 Å². The zero-order valence-corrected chi connectivity index (χ0v) is 14.8. The van der Waals surface area contributed by atoms with Gasteiger partial charge in [0, 0.05) is 18.9 Å². The topological polar surface area (TPSA) is 93.1 Å². The number of carbonyl (C=O) groups is 1. The number of nitrogens with zero attached hydrogens (tertiary/aromatic N) is 2. The van der Waals surface area contributed by atoms with Crippen molar-refractivity contribution in [1.29, 1.82) is 0 Å². The fourth-order valence-corrected chi connectivity index (χ4v) is 4.70. The number of sulfonamides is 1. The average Bonchev–Trinajstić information content (AvgIpc) is 3.25. The number of urea groups is 1. The van der Waals surface area contributed by atoms with Crippen LogP contribution in [0, 0.1) is 0 Å². The number of imidazole rings is 1. The van der Waals surface area contributed by atoms with Gasteiger partial charge in [-0.2, -0.15) is 8.42 Å². The minimum atomic E-state index is -3.98. The van der Waals surface area contributed by atoms with Crippen LogP contribution in [0.4, 0.5) is 10.5 Å². The van der Waals surface area contributed by atoms with Crippen molar-refractivity contribution in [2.45, 2.75) is 43.6 Å². The number of aromatic nitrogens is 2. The third-order valence-electron chi connectivity index (χ3n) is 4.90. The van der Waals surface area contributed by atoms with Crippen LogP contribution in [0.25, 0.3) is 0 Å². The zero-order valence-electron chi connectivity index (χ0n) is 14.0. The summed E-state index contributed by atoms with van der Waals surface area (Å²) in [4.78, 5) is 16.2. The molecule has 0 atom stereocenters. The van der Waals surface area contributed by atoms with Gasteiger partial charge in [-0.25, -0.2) is 14.5 Å². The van der Waals surface area contributed by atoms with Crippen LogP contribution in [0.15, 0.2) is 23.6 Å². The molecule has 0 spiro atoms. The highest BCUT2D eigenvalue weighted by Gasteiger charge is 2.26. The average molecular weight is 360 g/mol. The molecule has 2 N–H and O–H groups in total. The Bertz CT molecular complexity index is 930. The number of hydrogen-bond donors (Lipinski definition) is 2. The SMILES string of the molecule is Cn1cnc(S(=O)(=O)NC(=O)Nc2c3c(cc4c2CCC4)CCC3)c1. The largest absolute Gasteiger partial charge is 0.339 e. The van der Waals surface area contributed by atoms with Crippen molar-refractivity contribution in [2.75, 3.05) is 5.32 Å². The van der Waals surface area contributed by atoms with Crippen molar-refractivity contribution in [3.05, 3.63) is 40.8 Å². The second-order valence-electron chi connectivity index (χ2n) is 6.67. The molecular formula is C17H20N4O3S. The number of amides is 2. The van der Waals surface area contributed by atoms with Gasteiger partial charge in [0.25, 0.3) is 10.0 Å². The second-order valence-corrected chi connectivity index (χ2v) is 8.30. The van der Waals surface area contributed by atoms with Crippen molar-refractivity contribution in [3.63, 3.8) is 0 Å². The molecule has 1 aromatic carbocycles. The molecule has 0 unspecified atom stereocenters. The highest BCUT2D eigenvalue weighted by molar-refractivity contribution is 7.90. The molecule has 4 rings (SSSR count). The van der Waals surface area contributed by atoms with E-state index in [9.17, 15) is 13.2 Å². The van der Waals surface area contributed by atoms with E-state index in [0.29, 0.717) is 0 Å². The van der Waals surface area contributed by atoms with Crippen molar-refractivity contribution < 1.29 is 13.2 Å². The Morgan fingerprint density at radius 2 is 1.76 bits per heavy atom. The molecule has 2 aliphatic rings. The quantitative estimate of drug-likeness (QED) is 0.874. The van der Waals surface area contributed by atoms with Crippen molar-refractivity contribution in [3.8, 4) is 0 Å². The molecule has 7 nitrogen and oxygen atoms in total. The fourth-order valence-electron chi connectivity index (χ4n) is 3.81. The molecule has 2 aliphatic carbocycles. The van der Waals surface area contributed by atoms with Gasteiger partial charge in [0.05, 0.1) is 6.33 Å². The van der Waals surface area contributed by atoms with E-state index in [-0.39, 0.29) is 5.03 Å². The van der Waals surface area contributed by atoms with E-state index in [1.165, 1.54) is 28.2 Å². The molecule has 1 heterocycles. The van der Waals surface area contributed by atoms with E-state index in [4.69, 9.17) is 0 Å². The number of carbonyl (C=O) groups excluding carboxylic acids is 1. The molecule has 0 fully saturated rings. The lowest BCUT2D eigenvalue weighted by atomic mass is 9.99. The summed E-state index contributed by atoms with van der Waals surface area (Å²) in [5.41, 5.74) is 5.69. The maximum Gasteiger partial charge on any atom is 0.333 e. The van der Waals surface area contributed by atoms with Crippen LogP contribution < -0.4 is 10.0 Å². The Labute approximate surface area is 146 Å². The lowest BCUT2D eigenvalue weighted by Crippen LogP contribution is -2.35. The first-order chi connectivity index (χ1) is 11.9. The van der Waals surface area contributed by atoms with Crippen LogP contribution in [0.2, 0.25) is 0 Å². The standard InChI is InChI=1S/C17H20N4O3S/c1-21-9-15(18-10-21)25(23,24)20-17(22)19-16-13-6-2-4-11(13)8-12-5-3-7-14(12)16/h8-10H,2-7H2,1H3,(H2,19,20,22). The number of rotatable bonds is 3. The smallest absolute Gasteiger partial charge is 0.333 e. The highest BCUT2D eigenvalue weighted by atomic mass is 32.2. The van der Waals surface area contributed by atoms with Gasteiger partial charge in [0.2, 0.25) is 0 Å². The predicted octanol–water partition coefficient (Wildman–Crippen LogP) is 1.91. The number of fused-ring (bicyclic) bond motifs is 2. The van der Waals surface area contributed by atoms with Crippen LogP contribution in [0.3, 0.4) is 0 Å². The molecule has 25 heavy (non-hydrogen) atoms. The summed E-state index contributed by atoms with van der Waals surface area (Å²) in [5, 5.41) is 2.64. The van der Waals surface area contributed by atoms with Crippen LogP contribution in [-0.4, -0.2) is 24.0 Å². The molecule has 1 aromatic heterocycles. The van der Waals surface area contributed by atoms with E-state index < -0.39 is 16.1 Å². The minimum absolute atomic E-state index is 0.173. The number of nitrogens with one attached hydrogen (secondary N) is 2. The summed E-state index contributed by atoms with van der Waals surface area (Å²) in [7, 11) is -2.31. The maximum absolute atomic E-state index is 12.4. The van der Waals surface area contributed by atoms with Gasteiger partial charge in [-0.3, -0.25) is 0 Å². The highest BCUT2D eigenvalue weighted by Crippen LogP contribution is 2.38. The van der Waals surface area contributed by atoms with Crippen molar-refractivity contribution in [1.82, 2.24) is 14.3 Å². The molecule has 2 aromatic rings. The summed E-state index contributed by atoms with van der Waals surface area (Å²) in [6.45, 7) is 0. The Kier molecular flexibility index (Phi) is 3.79.